The number of rotatable bonds is 4. The van der Waals surface area contributed by atoms with Gasteiger partial charge in [-0.2, -0.15) is 4.79 Å². The maximum atomic E-state index is 12.2. The smallest absolute Gasteiger partial charge is 0.429 e. The summed E-state index contributed by atoms with van der Waals surface area (Å²) in [4.78, 5) is 34.5. The van der Waals surface area contributed by atoms with Crippen molar-refractivity contribution < 1.29 is 24.1 Å². The molecular weight excluding hydrogens is 312 g/mol. The molecule has 1 aromatic heterocycles. The first-order valence-electron chi connectivity index (χ1n) is 7.71. The summed E-state index contributed by atoms with van der Waals surface area (Å²) >= 11 is 0. The SMILES string of the molecule is CC(C)OC(=O)OOC(=O)n1cc(CCN(C)C)c2ccccc21. The number of benzene rings is 1. The van der Waals surface area contributed by atoms with Crippen LogP contribution >= 0.6 is 0 Å². The summed E-state index contributed by atoms with van der Waals surface area (Å²) in [6, 6.07) is 7.49. The van der Waals surface area contributed by atoms with Crippen molar-refractivity contribution in [2.24, 2.45) is 0 Å². The highest BCUT2D eigenvalue weighted by atomic mass is 17.2. The Balaban J connectivity index is 2.15. The average molecular weight is 334 g/mol. The molecule has 0 radical (unpaired) electrons. The molecule has 0 N–H and O–H groups in total. The van der Waals surface area contributed by atoms with Crippen LogP contribution in [0.5, 0.6) is 0 Å². The fourth-order valence-corrected chi connectivity index (χ4v) is 2.27. The first kappa shape index (κ1) is 17.8. The van der Waals surface area contributed by atoms with Crippen molar-refractivity contribution in [1.29, 1.82) is 0 Å². The maximum absolute atomic E-state index is 12.2. The van der Waals surface area contributed by atoms with E-state index in [2.05, 4.69) is 14.7 Å². The number of hydrogen-bond acceptors (Lipinski definition) is 6. The van der Waals surface area contributed by atoms with Gasteiger partial charge in [-0.3, -0.25) is 0 Å². The second-order valence-electron chi connectivity index (χ2n) is 5.94. The second kappa shape index (κ2) is 7.83. The van der Waals surface area contributed by atoms with E-state index in [1.54, 1.807) is 20.0 Å². The first-order chi connectivity index (χ1) is 11.4. The van der Waals surface area contributed by atoms with Crippen molar-refractivity contribution in [2.75, 3.05) is 20.6 Å². The van der Waals surface area contributed by atoms with E-state index in [9.17, 15) is 9.59 Å². The molecule has 0 amide bonds. The van der Waals surface area contributed by atoms with Crippen LogP contribution < -0.4 is 0 Å². The predicted octanol–water partition coefficient (Wildman–Crippen LogP) is 3.21. The van der Waals surface area contributed by atoms with E-state index < -0.39 is 12.2 Å². The average Bonchev–Trinajstić information content (AvgIpc) is 2.89. The molecule has 24 heavy (non-hydrogen) atoms. The zero-order valence-corrected chi connectivity index (χ0v) is 14.3. The van der Waals surface area contributed by atoms with Gasteiger partial charge in [-0.15, -0.1) is 0 Å². The summed E-state index contributed by atoms with van der Waals surface area (Å²) in [6.07, 6.45) is 0.268. The van der Waals surface area contributed by atoms with Crippen molar-refractivity contribution in [1.82, 2.24) is 9.47 Å². The third-order valence-electron chi connectivity index (χ3n) is 3.33. The number of carbonyl (C=O) groups is 2. The normalized spacial score (nSPS) is 11.1. The van der Waals surface area contributed by atoms with Gasteiger partial charge in [0.15, 0.2) is 0 Å². The number of carbonyl (C=O) groups excluding carboxylic acids is 2. The van der Waals surface area contributed by atoms with E-state index in [1.807, 2.05) is 38.4 Å². The molecule has 0 saturated heterocycles. The molecule has 1 heterocycles. The van der Waals surface area contributed by atoms with Crippen molar-refractivity contribution in [3.8, 4) is 0 Å². The Hall–Kier alpha value is -2.54. The number of fused-ring (bicyclic) bond motifs is 1. The molecule has 0 unspecified atom stereocenters. The van der Waals surface area contributed by atoms with Gasteiger partial charge in [0.2, 0.25) is 0 Å². The molecule has 2 rings (SSSR count). The van der Waals surface area contributed by atoms with Gasteiger partial charge in [-0.25, -0.2) is 19.1 Å². The third-order valence-corrected chi connectivity index (χ3v) is 3.33. The Labute approximate surface area is 140 Å². The summed E-state index contributed by atoms with van der Waals surface area (Å²) < 4.78 is 6.06. The monoisotopic (exact) mass is 334 g/mol. The lowest BCUT2D eigenvalue weighted by Crippen LogP contribution is -2.19. The minimum atomic E-state index is -1.05. The number of aromatic nitrogens is 1. The van der Waals surface area contributed by atoms with Gasteiger partial charge >= 0.3 is 12.2 Å². The van der Waals surface area contributed by atoms with E-state index in [4.69, 9.17) is 4.74 Å². The number of hydrogen-bond donors (Lipinski definition) is 0. The van der Waals surface area contributed by atoms with Crippen LogP contribution in [0.15, 0.2) is 30.5 Å². The van der Waals surface area contributed by atoms with Crippen LogP contribution in [0.2, 0.25) is 0 Å². The van der Waals surface area contributed by atoms with Crippen molar-refractivity contribution in [2.45, 2.75) is 26.4 Å². The minimum absolute atomic E-state index is 0.360. The van der Waals surface area contributed by atoms with Crippen LogP contribution in [0, 0.1) is 0 Å². The van der Waals surface area contributed by atoms with Crippen molar-refractivity contribution in [3.05, 3.63) is 36.0 Å². The standard InChI is InChI=1S/C17H22N2O5/c1-12(2)22-17(21)24-23-16(20)19-11-13(9-10-18(3)4)14-7-5-6-8-15(14)19/h5-8,11-12H,9-10H2,1-4H3. The molecule has 0 aliphatic rings. The molecular formula is C17H22N2O5. The van der Waals surface area contributed by atoms with Crippen molar-refractivity contribution in [3.63, 3.8) is 0 Å². The number of nitrogens with zero attached hydrogens (tertiary/aromatic N) is 2. The van der Waals surface area contributed by atoms with Crippen LogP contribution in [0.3, 0.4) is 0 Å². The Morgan fingerprint density at radius 1 is 1.17 bits per heavy atom. The largest absolute Gasteiger partial charge is 0.550 e. The molecule has 7 nitrogen and oxygen atoms in total. The molecule has 130 valence electrons. The highest BCUT2D eigenvalue weighted by Gasteiger charge is 2.18. The molecule has 0 fully saturated rings. The van der Waals surface area contributed by atoms with Crippen LogP contribution in [-0.4, -0.2) is 48.5 Å². The number of ether oxygens (including phenoxy) is 1. The lowest BCUT2D eigenvalue weighted by atomic mass is 10.1. The lowest BCUT2D eigenvalue weighted by Gasteiger charge is -2.08. The van der Waals surface area contributed by atoms with Gasteiger partial charge in [-0.1, -0.05) is 18.2 Å². The summed E-state index contributed by atoms with van der Waals surface area (Å²) in [5, 5.41) is 0.959. The molecule has 0 bridgehead atoms. The highest BCUT2D eigenvalue weighted by molar-refractivity contribution is 5.91. The van der Waals surface area contributed by atoms with E-state index in [1.165, 1.54) is 4.57 Å². The fraction of sp³-hybridized carbons (Fsp3) is 0.412. The maximum Gasteiger partial charge on any atom is 0.550 e. The van der Waals surface area contributed by atoms with Crippen LogP contribution in [0.1, 0.15) is 19.4 Å². The molecule has 0 saturated carbocycles. The van der Waals surface area contributed by atoms with Gasteiger partial charge in [0.1, 0.15) is 0 Å². The van der Waals surface area contributed by atoms with Gasteiger partial charge in [0.05, 0.1) is 11.6 Å². The predicted molar refractivity (Wildman–Crippen MR) is 88.8 cm³/mol. The molecule has 7 heteroatoms. The zero-order valence-electron chi connectivity index (χ0n) is 14.3. The second-order valence-corrected chi connectivity index (χ2v) is 5.94. The summed E-state index contributed by atoms with van der Waals surface area (Å²) in [6.45, 7) is 4.18. The lowest BCUT2D eigenvalue weighted by molar-refractivity contribution is -0.202. The summed E-state index contributed by atoms with van der Waals surface area (Å²) in [7, 11) is 3.98. The van der Waals surface area contributed by atoms with Gasteiger partial charge in [0.25, 0.3) is 0 Å². The van der Waals surface area contributed by atoms with E-state index >= 15 is 0 Å². The van der Waals surface area contributed by atoms with E-state index in [0.717, 1.165) is 23.9 Å². The van der Waals surface area contributed by atoms with E-state index in [0.29, 0.717) is 5.52 Å². The van der Waals surface area contributed by atoms with Gasteiger partial charge in [0, 0.05) is 18.1 Å². The Morgan fingerprint density at radius 3 is 2.54 bits per heavy atom. The van der Waals surface area contributed by atoms with Crippen LogP contribution in [0.25, 0.3) is 10.9 Å². The number of para-hydroxylation sites is 1. The summed E-state index contributed by atoms with van der Waals surface area (Å²) in [5.74, 6) is 0. The molecule has 0 aliphatic carbocycles. The summed E-state index contributed by atoms with van der Waals surface area (Å²) in [5.41, 5.74) is 1.71. The minimum Gasteiger partial charge on any atom is -0.429 e. The third kappa shape index (κ3) is 4.48. The highest BCUT2D eigenvalue weighted by Crippen LogP contribution is 2.22. The zero-order chi connectivity index (χ0) is 17.7. The van der Waals surface area contributed by atoms with Gasteiger partial charge in [-0.05, 0) is 46.0 Å². The Kier molecular flexibility index (Phi) is 5.81. The Bertz CT molecular complexity index is 721. The van der Waals surface area contributed by atoms with Gasteiger partial charge < -0.3 is 9.64 Å². The first-order valence-corrected chi connectivity index (χ1v) is 7.71. The quantitative estimate of drug-likeness (QED) is 0.486. The van der Waals surface area contributed by atoms with E-state index in [-0.39, 0.29) is 6.10 Å². The molecule has 2 aromatic rings. The Morgan fingerprint density at radius 2 is 1.88 bits per heavy atom. The molecule has 0 aliphatic heterocycles. The molecule has 0 atom stereocenters. The fourth-order valence-electron chi connectivity index (χ4n) is 2.27. The van der Waals surface area contributed by atoms with Crippen LogP contribution in [0.4, 0.5) is 9.59 Å². The number of likely N-dealkylation sites (N-methyl/N-ethyl adjacent to an activating group) is 1. The molecule has 1 aromatic carbocycles. The van der Waals surface area contributed by atoms with Crippen LogP contribution in [-0.2, 0) is 20.9 Å². The topological polar surface area (TPSA) is 70.0 Å². The molecule has 0 spiro atoms. The van der Waals surface area contributed by atoms with Crippen molar-refractivity contribution >= 4 is 23.2 Å².